The third-order valence-electron chi connectivity index (χ3n) is 2.99. The molecule has 2 rings (SSSR count). The molecule has 0 aliphatic rings. The quantitative estimate of drug-likeness (QED) is 0.650. The average Bonchev–Trinajstić information content (AvgIpc) is 2.61. The fourth-order valence-electron chi connectivity index (χ4n) is 1.90. The summed E-state index contributed by atoms with van der Waals surface area (Å²) in [5, 5.41) is 3.92. The molecule has 2 aromatic rings. The molecule has 0 unspecified atom stereocenters. The molecule has 120 valence electrons. The number of hydrazone groups is 1. The highest BCUT2D eigenvalue weighted by atomic mass is 16.5. The van der Waals surface area contributed by atoms with E-state index in [9.17, 15) is 4.79 Å². The summed E-state index contributed by atoms with van der Waals surface area (Å²) in [6.45, 7) is 0. The molecular weight excluding hydrogens is 298 g/mol. The molecule has 0 aliphatic heterocycles. The summed E-state index contributed by atoms with van der Waals surface area (Å²) in [7, 11) is 4.59. The van der Waals surface area contributed by atoms with Gasteiger partial charge in [0.15, 0.2) is 11.5 Å². The van der Waals surface area contributed by atoms with Gasteiger partial charge in [0.25, 0.3) is 5.91 Å². The van der Waals surface area contributed by atoms with Gasteiger partial charge in [-0.15, -0.1) is 0 Å². The van der Waals surface area contributed by atoms with Crippen molar-refractivity contribution in [2.75, 3.05) is 21.3 Å². The van der Waals surface area contributed by atoms with Gasteiger partial charge < -0.3 is 14.2 Å². The number of rotatable bonds is 6. The molecule has 0 fully saturated rings. The van der Waals surface area contributed by atoms with Crippen LogP contribution in [0.5, 0.6) is 17.2 Å². The molecule has 0 bridgehead atoms. The van der Waals surface area contributed by atoms with Gasteiger partial charge in [0.05, 0.1) is 33.1 Å². The zero-order chi connectivity index (χ0) is 16.7. The van der Waals surface area contributed by atoms with Crippen LogP contribution in [0.1, 0.15) is 15.9 Å². The van der Waals surface area contributed by atoms with Crippen LogP contribution in [0.2, 0.25) is 0 Å². The molecule has 1 N–H and O–H groups in total. The van der Waals surface area contributed by atoms with Crippen molar-refractivity contribution < 1.29 is 19.0 Å². The molecule has 23 heavy (non-hydrogen) atoms. The Hall–Kier alpha value is -3.09. The number of nitrogens with one attached hydrogen (secondary N) is 1. The minimum absolute atomic E-state index is 0.346. The summed E-state index contributed by atoms with van der Waals surface area (Å²) >= 11 is 0. The van der Waals surface area contributed by atoms with Gasteiger partial charge in [-0.2, -0.15) is 5.10 Å². The van der Waals surface area contributed by atoms with Crippen LogP contribution in [0.3, 0.4) is 0 Å². The lowest BCUT2D eigenvalue weighted by Crippen LogP contribution is -2.17. The van der Waals surface area contributed by atoms with Crippen molar-refractivity contribution in [3.8, 4) is 17.2 Å². The maximum Gasteiger partial charge on any atom is 0.272 e. The molecular formula is C16H17N3O4. The second-order valence-corrected chi connectivity index (χ2v) is 4.40. The van der Waals surface area contributed by atoms with E-state index in [4.69, 9.17) is 14.2 Å². The zero-order valence-electron chi connectivity index (χ0n) is 13.1. The first-order valence-electron chi connectivity index (χ1n) is 6.73. The molecule has 1 heterocycles. The van der Waals surface area contributed by atoms with E-state index in [0.717, 1.165) is 0 Å². The van der Waals surface area contributed by atoms with Crippen molar-refractivity contribution in [1.82, 2.24) is 10.4 Å². The molecule has 0 saturated heterocycles. The van der Waals surface area contributed by atoms with Gasteiger partial charge >= 0.3 is 0 Å². The third kappa shape index (κ3) is 3.97. The number of carbonyl (C=O) groups is 1. The van der Waals surface area contributed by atoms with E-state index in [1.54, 1.807) is 30.5 Å². The molecule has 0 aliphatic carbocycles. The predicted molar refractivity (Wildman–Crippen MR) is 85.4 cm³/mol. The minimum Gasteiger partial charge on any atom is -0.493 e. The van der Waals surface area contributed by atoms with E-state index in [1.165, 1.54) is 33.7 Å². The first kappa shape index (κ1) is 16.3. The number of hydrogen-bond acceptors (Lipinski definition) is 6. The second-order valence-electron chi connectivity index (χ2n) is 4.40. The lowest BCUT2D eigenvalue weighted by Gasteiger charge is -2.12. The Morgan fingerprint density at radius 1 is 1.17 bits per heavy atom. The normalized spacial score (nSPS) is 10.4. The second kappa shape index (κ2) is 7.79. The number of aromatic nitrogens is 1. The zero-order valence-corrected chi connectivity index (χ0v) is 13.1. The predicted octanol–water partition coefficient (Wildman–Crippen LogP) is 1.87. The number of pyridine rings is 1. The number of carbonyl (C=O) groups excluding carboxylic acids is 1. The Morgan fingerprint density at radius 2 is 1.87 bits per heavy atom. The maximum absolute atomic E-state index is 11.8. The van der Waals surface area contributed by atoms with Gasteiger partial charge in [0.1, 0.15) is 0 Å². The molecule has 0 spiro atoms. The van der Waals surface area contributed by atoms with Gasteiger partial charge in [0.2, 0.25) is 5.75 Å². The Kier molecular flexibility index (Phi) is 5.51. The van der Waals surface area contributed by atoms with E-state index >= 15 is 0 Å². The summed E-state index contributed by atoms with van der Waals surface area (Å²) < 4.78 is 15.8. The minimum atomic E-state index is -0.346. The first-order chi connectivity index (χ1) is 11.2. The molecule has 7 nitrogen and oxygen atoms in total. The summed E-state index contributed by atoms with van der Waals surface area (Å²) in [5.41, 5.74) is 3.54. The van der Waals surface area contributed by atoms with E-state index < -0.39 is 0 Å². The van der Waals surface area contributed by atoms with E-state index in [1.807, 2.05) is 0 Å². The number of hydrogen-bond donors (Lipinski definition) is 1. The van der Waals surface area contributed by atoms with Crippen molar-refractivity contribution in [1.29, 1.82) is 0 Å². The molecule has 1 amide bonds. The van der Waals surface area contributed by atoms with Crippen LogP contribution >= 0.6 is 0 Å². The summed E-state index contributed by atoms with van der Waals surface area (Å²) in [6.07, 6.45) is 4.54. The van der Waals surface area contributed by atoms with E-state index in [2.05, 4.69) is 15.5 Å². The van der Waals surface area contributed by atoms with E-state index in [0.29, 0.717) is 28.4 Å². The van der Waals surface area contributed by atoms with Crippen LogP contribution in [0.25, 0.3) is 0 Å². The number of amides is 1. The van der Waals surface area contributed by atoms with Gasteiger partial charge in [0, 0.05) is 18.0 Å². The van der Waals surface area contributed by atoms with Crippen molar-refractivity contribution in [2.45, 2.75) is 0 Å². The van der Waals surface area contributed by atoms with Crippen LogP contribution in [0.4, 0.5) is 0 Å². The number of methoxy groups -OCH3 is 3. The Morgan fingerprint density at radius 3 is 2.39 bits per heavy atom. The lowest BCUT2D eigenvalue weighted by molar-refractivity contribution is 0.0955. The van der Waals surface area contributed by atoms with Crippen molar-refractivity contribution in [3.63, 3.8) is 0 Å². The molecule has 7 heteroatoms. The Bertz CT molecular complexity index is 677. The van der Waals surface area contributed by atoms with Crippen LogP contribution in [-0.4, -0.2) is 38.4 Å². The Labute approximate surface area is 133 Å². The highest BCUT2D eigenvalue weighted by molar-refractivity contribution is 5.94. The van der Waals surface area contributed by atoms with Gasteiger partial charge in [-0.05, 0) is 24.3 Å². The fourth-order valence-corrected chi connectivity index (χ4v) is 1.90. The number of benzene rings is 1. The van der Waals surface area contributed by atoms with Crippen LogP contribution < -0.4 is 19.6 Å². The third-order valence-corrected chi connectivity index (χ3v) is 2.99. The van der Waals surface area contributed by atoms with Crippen molar-refractivity contribution in [2.24, 2.45) is 5.10 Å². The summed E-state index contributed by atoms with van der Waals surface area (Å²) in [6, 6.07) is 6.78. The molecule has 0 radical (unpaired) electrons. The molecule has 0 saturated carbocycles. The van der Waals surface area contributed by atoms with Gasteiger partial charge in [-0.25, -0.2) is 5.43 Å². The first-order valence-corrected chi connectivity index (χ1v) is 6.73. The van der Waals surface area contributed by atoms with Gasteiger partial charge in [-0.3, -0.25) is 9.78 Å². The molecule has 1 aromatic heterocycles. The van der Waals surface area contributed by atoms with Gasteiger partial charge in [-0.1, -0.05) is 0 Å². The van der Waals surface area contributed by atoms with Crippen LogP contribution in [0.15, 0.2) is 41.8 Å². The Balaban J connectivity index is 2.15. The maximum atomic E-state index is 11.8. The highest BCUT2D eigenvalue weighted by Gasteiger charge is 2.12. The van der Waals surface area contributed by atoms with E-state index in [-0.39, 0.29) is 5.91 Å². The lowest BCUT2D eigenvalue weighted by atomic mass is 10.2. The fraction of sp³-hybridized carbons (Fsp3) is 0.188. The van der Waals surface area contributed by atoms with Crippen molar-refractivity contribution in [3.05, 3.63) is 47.8 Å². The van der Waals surface area contributed by atoms with Crippen LogP contribution in [-0.2, 0) is 0 Å². The van der Waals surface area contributed by atoms with Crippen molar-refractivity contribution >= 4 is 12.1 Å². The number of ether oxygens (including phenoxy) is 3. The average molecular weight is 315 g/mol. The molecule has 1 aromatic carbocycles. The number of nitrogens with zero attached hydrogens (tertiary/aromatic N) is 2. The molecule has 0 atom stereocenters. The SMILES string of the molecule is COc1cc(/C=N\NC(=O)c2cccnc2)cc(OC)c1OC. The topological polar surface area (TPSA) is 82.0 Å². The summed E-state index contributed by atoms with van der Waals surface area (Å²) in [4.78, 5) is 15.7. The summed E-state index contributed by atoms with van der Waals surface area (Å²) in [5.74, 6) is 1.16. The highest BCUT2D eigenvalue weighted by Crippen LogP contribution is 2.37. The standard InChI is InChI=1S/C16H17N3O4/c1-21-13-7-11(8-14(22-2)15(13)23-3)9-18-19-16(20)12-5-4-6-17-10-12/h4-10H,1-3H3,(H,19,20)/b18-9-. The largest absolute Gasteiger partial charge is 0.493 e. The monoisotopic (exact) mass is 315 g/mol. The smallest absolute Gasteiger partial charge is 0.272 e. The van der Waals surface area contributed by atoms with Crippen LogP contribution in [0, 0.1) is 0 Å².